The Labute approximate surface area is 154 Å². The van der Waals surface area contributed by atoms with E-state index in [1.807, 2.05) is 26.0 Å². The lowest BCUT2D eigenvalue weighted by atomic mass is 10.1. The molecule has 0 aliphatic carbocycles. The van der Waals surface area contributed by atoms with Crippen molar-refractivity contribution in [3.05, 3.63) is 51.5 Å². The van der Waals surface area contributed by atoms with E-state index >= 15 is 0 Å². The monoisotopic (exact) mass is 406 g/mol. The minimum atomic E-state index is -0.372. The van der Waals surface area contributed by atoms with Crippen LogP contribution in [0, 0.1) is 13.8 Å². The summed E-state index contributed by atoms with van der Waals surface area (Å²) in [5, 5.41) is 13.4. The average molecular weight is 407 g/mol. The van der Waals surface area contributed by atoms with Crippen molar-refractivity contribution in [3.63, 3.8) is 0 Å². The molecule has 0 unspecified atom stereocenters. The molecule has 6 nitrogen and oxygen atoms in total. The van der Waals surface area contributed by atoms with E-state index in [0.717, 1.165) is 15.6 Å². The Kier molecular flexibility index (Phi) is 6.41. The van der Waals surface area contributed by atoms with Gasteiger partial charge in [0.25, 0.3) is 5.91 Å². The Bertz CT molecular complexity index is 783. The smallest absolute Gasteiger partial charge is 0.277 e. The number of carbonyl (C=O) groups is 1. The topological polar surface area (TPSA) is 80.2 Å². The summed E-state index contributed by atoms with van der Waals surface area (Å²) in [5.74, 6) is 0.687. The highest BCUT2D eigenvalue weighted by Gasteiger charge is 2.08. The number of hydrazone groups is 1. The number of rotatable bonds is 6. The molecule has 7 heteroatoms. The summed E-state index contributed by atoms with van der Waals surface area (Å²) in [6.07, 6.45) is 1.45. The number of nitrogens with zero attached hydrogens (tertiary/aromatic N) is 1. The lowest BCUT2D eigenvalue weighted by Crippen LogP contribution is -2.25. The minimum Gasteiger partial charge on any atom is -0.504 e. The fourth-order valence-corrected chi connectivity index (χ4v) is 2.94. The van der Waals surface area contributed by atoms with Crippen LogP contribution in [0.2, 0.25) is 0 Å². The first-order valence-electron chi connectivity index (χ1n) is 7.49. The second kappa shape index (κ2) is 8.53. The molecule has 0 saturated carbocycles. The first-order chi connectivity index (χ1) is 11.9. The highest BCUT2D eigenvalue weighted by molar-refractivity contribution is 9.10. The standard InChI is InChI=1S/C18H19BrN2O4/c1-11-6-14(19)7-12(2)18(11)25-10-17(23)21-20-9-13-4-5-15(22)16(8-13)24-3/h4-9,22H,10H2,1-3H3,(H,21,23). The number of hydrogen-bond donors (Lipinski definition) is 2. The molecule has 0 atom stereocenters. The summed E-state index contributed by atoms with van der Waals surface area (Å²) in [6, 6.07) is 8.60. The van der Waals surface area contributed by atoms with E-state index in [1.54, 1.807) is 12.1 Å². The second-order valence-electron chi connectivity index (χ2n) is 5.38. The largest absolute Gasteiger partial charge is 0.504 e. The molecule has 25 heavy (non-hydrogen) atoms. The van der Waals surface area contributed by atoms with E-state index in [4.69, 9.17) is 9.47 Å². The summed E-state index contributed by atoms with van der Waals surface area (Å²) in [7, 11) is 1.46. The molecule has 0 aliphatic heterocycles. The molecule has 0 fully saturated rings. The molecule has 1 amide bonds. The quantitative estimate of drug-likeness (QED) is 0.569. The van der Waals surface area contributed by atoms with Crippen molar-refractivity contribution < 1.29 is 19.4 Å². The SMILES string of the molecule is COc1cc(C=NNC(=O)COc2c(C)cc(Br)cc2C)ccc1O. The highest BCUT2D eigenvalue weighted by Crippen LogP contribution is 2.27. The Balaban J connectivity index is 1.91. The summed E-state index contributed by atoms with van der Waals surface area (Å²) in [5.41, 5.74) is 4.96. The normalized spacial score (nSPS) is 10.7. The number of aromatic hydroxyl groups is 1. The lowest BCUT2D eigenvalue weighted by molar-refractivity contribution is -0.123. The lowest BCUT2D eigenvalue weighted by Gasteiger charge is -2.11. The Morgan fingerprint density at radius 1 is 1.28 bits per heavy atom. The summed E-state index contributed by atoms with van der Waals surface area (Å²) in [4.78, 5) is 11.8. The number of hydrogen-bond acceptors (Lipinski definition) is 5. The molecule has 0 heterocycles. The van der Waals surface area contributed by atoms with Gasteiger partial charge in [0.2, 0.25) is 0 Å². The molecule has 0 aromatic heterocycles. The van der Waals surface area contributed by atoms with Gasteiger partial charge in [-0.1, -0.05) is 15.9 Å². The molecule has 2 aromatic rings. The van der Waals surface area contributed by atoms with Crippen LogP contribution in [0.4, 0.5) is 0 Å². The maximum absolute atomic E-state index is 11.8. The molecule has 2 aromatic carbocycles. The van der Waals surface area contributed by atoms with Crippen LogP contribution < -0.4 is 14.9 Å². The van der Waals surface area contributed by atoms with Crippen molar-refractivity contribution in [1.82, 2.24) is 5.43 Å². The number of methoxy groups -OCH3 is 1. The van der Waals surface area contributed by atoms with Crippen LogP contribution >= 0.6 is 15.9 Å². The van der Waals surface area contributed by atoms with Crippen molar-refractivity contribution >= 4 is 28.1 Å². The van der Waals surface area contributed by atoms with E-state index in [-0.39, 0.29) is 18.3 Å². The van der Waals surface area contributed by atoms with Crippen molar-refractivity contribution in [1.29, 1.82) is 0 Å². The zero-order valence-electron chi connectivity index (χ0n) is 14.2. The van der Waals surface area contributed by atoms with Crippen LogP contribution in [0.3, 0.4) is 0 Å². The number of halogens is 1. The van der Waals surface area contributed by atoms with E-state index in [2.05, 4.69) is 26.5 Å². The number of phenolic OH excluding ortho intramolecular Hbond substituents is 1. The van der Waals surface area contributed by atoms with Crippen LogP contribution in [0.25, 0.3) is 0 Å². The first-order valence-corrected chi connectivity index (χ1v) is 8.28. The molecular weight excluding hydrogens is 388 g/mol. The van der Waals surface area contributed by atoms with Crippen LogP contribution in [0.5, 0.6) is 17.2 Å². The van der Waals surface area contributed by atoms with Gasteiger partial charge in [0, 0.05) is 4.47 Å². The molecule has 0 radical (unpaired) electrons. The third-order valence-electron chi connectivity index (χ3n) is 3.38. The van der Waals surface area contributed by atoms with E-state index in [1.165, 1.54) is 19.4 Å². The number of benzene rings is 2. The fourth-order valence-electron chi connectivity index (χ4n) is 2.25. The molecule has 0 spiro atoms. The van der Waals surface area contributed by atoms with E-state index < -0.39 is 0 Å². The summed E-state index contributed by atoms with van der Waals surface area (Å²) in [6.45, 7) is 3.70. The van der Waals surface area contributed by atoms with Crippen molar-refractivity contribution in [2.75, 3.05) is 13.7 Å². The average Bonchev–Trinajstić information content (AvgIpc) is 2.55. The van der Waals surface area contributed by atoms with Gasteiger partial charge in [-0.25, -0.2) is 5.43 Å². The van der Waals surface area contributed by atoms with Gasteiger partial charge in [-0.15, -0.1) is 0 Å². The zero-order valence-corrected chi connectivity index (χ0v) is 15.8. The Morgan fingerprint density at radius 2 is 1.96 bits per heavy atom. The number of ether oxygens (including phenoxy) is 2. The maximum atomic E-state index is 11.8. The Hall–Kier alpha value is -2.54. The van der Waals surface area contributed by atoms with Gasteiger partial charge < -0.3 is 14.6 Å². The third-order valence-corrected chi connectivity index (χ3v) is 3.84. The predicted octanol–water partition coefficient (Wildman–Crippen LogP) is 3.31. The molecular formula is C18H19BrN2O4. The minimum absolute atomic E-state index is 0.0392. The second-order valence-corrected chi connectivity index (χ2v) is 6.30. The summed E-state index contributed by atoms with van der Waals surface area (Å²) < 4.78 is 11.6. The van der Waals surface area contributed by atoms with Gasteiger partial charge in [0.15, 0.2) is 18.1 Å². The summed E-state index contributed by atoms with van der Waals surface area (Å²) >= 11 is 3.42. The third kappa shape index (κ3) is 5.22. The van der Waals surface area contributed by atoms with Crippen molar-refractivity contribution in [2.24, 2.45) is 5.10 Å². The Morgan fingerprint density at radius 3 is 2.60 bits per heavy atom. The molecule has 0 aliphatic rings. The van der Waals surface area contributed by atoms with Gasteiger partial charge in [0.1, 0.15) is 5.75 Å². The maximum Gasteiger partial charge on any atom is 0.277 e. The zero-order chi connectivity index (χ0) is 18.4. The van der Waals surface area contributed by atoms with Gasteiger partial charge in [-0.3, -0.25) is 4.79 Å². The predicted molar refractivity (Wildman–Crippen MR) is 99.5 cm³/mol. The molecule has 0 bridgehead atoms. The first kappa shape index (κ1) is 18.8. The van der Waals surface area contributed by atoms with Gasteiger partial charge >= 0.3 is 0 Å². The molecule has 2 rings (SSSR count). The van der Waals surface area contributed by atoms with Crippen LogP contribution in [-0.2, 0) is 4.79 Å². The van der Waals surface area contributed by atoms with Crippen molar-refractivity contribution in [3.8, 4) is 17.2 Å². The number of carbonyl (C=O) groups excluding carboxylic acids is 1. The highest BCUT2D eigenvalue weighted by atomic mass is 79.9. The number of amides is 1. The van der Waals surface area contributed by atoms with Crippen LogP contribution in [-0.4, -0.2) is 30.9 Å². The van der Waals surface area contributed by atoms with Gasteiger partial charge in [0.05, 0.1) is 13.3 Å². The molecule has 132 valence electrons. The molecule has 0 saturated heterocycles. The number of nitrogens with one attached hydrogen (secondary N) is 1. The van der Waals surface area contributed by atoms with E-state index in [0.29, 0.717) is 17.1 Å². The van der Waals surface area contributed by atoms with Crippen LogP contribution in [0.15, 0.2) is 39.9 Å². The number of phenols is 1. The van der Waals surface area contributed by atoms with Gasteiger partial charge in [-0.2, -0.15) is 5.10 Å². The van der Waals surface area contributed by atoms with Crippen LogP contribution in [0.1, 0.15) is 16.7 Å². The van der Waals surface area contributed by atoms with Gasteiger partial charge in [-0.05, 0) is 60.9 Å². The van der Waals surface area contributed by atoms with E-state index in [9.17, 15) is 9.90 Å². The fraction of sp³-hybridized carbons (Fsp3) is 0.222. The van der Waals surface area contributed by atoms with Crippen molar-refractivity contribution in [2.45, 2.75) is 13.8 Å². The number of aryl methyl sites for hydroxylation is 2. The molecule has 2 N–H and O–H groups in total.